The maximum Gasteiger partial charge on any atom is 0.252 e. The van der Waals surface area contributed by atoms with E-state index in [1.165, 1.54) is 0 Å². The summed E-state index contributed by atoms with van der Waals surface area (Å²) in [6.45, 7) is 0. The van der Waals surface area contributed by atoms with Gasteiger partial charge in [0, 0.05) is 29.7 Å². The van der Waals surface area contributed by atoms with Gasteiger partial charge in [-0.1, -0.05) is 36.4 Å². The molecule has 2 amide bonds. The number of likely N-dealkylation sites (N-methyl/N-ethyl adjacent to an activating group) is 1. The van der Waals surface area contributed by atoms with Crippen LogP contribution >= 0.6 is 0 Å². The molecule has 0 fully saturated rings. The molecule has 0 aliphatic carbocycles. The van der Waals surface area contributed by atoms with Gasteiger partial charge in [-0.25, -0.2) is 0 Å². The minimum absolute atomic E-state index is 0.259. The first-order valence-corrected chi connectivity index (χ1v) is 7.34. The zero-order valence-electron chi connectivity index (χ0n) is 12.7. The number of nitrogens with one attached hydrogen (secondary N) is 3. The van der Waals surface area contributed by atoms with Gasteiger partial charge in [0.05, 0.1) is 0 Å². The molecule has 0 aliphatic rings. The summed E-state index contributed by atoms with van der Waals surface area (Å²) in [6, 6.07) is 15.8. The summed E-state index contributed by atoms with van der Waals surface area (Å²) in [6.07, 6.45) is 1.79. The fourth-order valence-electron chi connectivity index (χ4n) is 2.58. The molecule has 0 spiro atoms. The minimum atomic E-state index is -0.733. The quantitative estimate of drug-likeness (QED) is 0.692. The summed E-state index contributed by atoms with van der Waals surface area (Å²) in [5, 5.41) is 6.24. The van der Waals surface area contributed by atoms with Gasteiger partial charge < -0.3 is 15.6 Å². The highest BCUT2D eigenvalue weighted by atomic mass is 16.2. The highest BCUT2D eigenvalue weighted by molar-refractivity contribution is 6.07. The second-order valence-electron chi connectivity index (χ2n) is 5.18. The standard InChI is InChI=1S/C18H17N3O2/c1-19-18(23)16(12-6-3-2-4-7-12)21-17(22)14-8-5-9-15-13(14)10-11-20-15/h2-11,16,20H,1H3,(H,19,23)(H,21,22)/t16-/m1/s1. The van der Waals surface area contributed by atoms with Crippen molar-refractivity contribution in [1.29, 1.82) is 0 Å². The molecule has 0 radical (unpaired) electrons. The smallest absolute Gasteiger partial charge is 0.252 e. The number of hydrogen-bond donors (Lipinski definition) is 3. The average molecular weight is 307 g/mol. The third-order valence-corrected chi connectivity index (χ3v) is 3.76. The molecule has 23 heavy (non-hydrogen) atoms. The van der Waals surface area contributed by atoms with Gasteiger partial charge in [0.2, 0.25) is 5.91 Å². The highest BCUT2D eigenvalue weighted by Crippen LogP contribution is 2.19. The number of benzene rings is 2. The number of aromatic amines is 1. The monoisotopic (exact) mass is 307 g/mol. The molecule has 0 bridgehead atoms. The third kappa shape index (κ3) is 2.94. The van der Waals surface area contributed by atoms with Crippen molar-refractivity contribution in [2.75, 3.05) is 7.05 Å². The predicted molar refractivity (Wildman–Crippen MR) is 89.0 cm³/mol. The Balaban J connectivity index is 1.92. The van der Waals surface area contributed by atoms with E-state index in [4.69, 9.17) is 0 Å². The van der Waals surface area contributed by atoms with E-state index in [0.29, 0.717) is 5.56 Å². The van der Waals surface area contributed by atoms with E-state index < -0.39 is 6.04 Å². The normalized spacial score (nSPS) is 11.9. The summed E-state index contributed by atoms with van der Waals surface area (Å²) >= 11 is 0. The molecule has 3 aromatic rings. The summed E-state index contributed by atoms with van der Waals surface area (Å²) < 4.78 is 0. The number of rotatable bonds is 4. The maximum absolute atomic E-state index is 12.7. The fourth-order valence-corrected chi connectivity index (χ4v) is 2.58. The summed E-state index contributed by atoms with van der Waals surface area (Å²) in [7, 11) is 1.55. The molecule has 0 unspecified atom stereocenters. The molecule has 0 saturated carbocycles. The molecule has 5 nitrogen and oxygen atoms in total. The van der Waals surface area contributed by atoms with Gasteiger partial charge in [-0.15, -0.1) is 0 Å². The molecule has 1 atom stereocenters. The van der Waals surface area contributed by atoms with Crippen LogP contribution in [-0.4, -0.2) is 23.8 Å². The molecule has 2 aromatic carbocycles. The largest absolute Gasteiger partial charge is 0.361 e. The van der Waals surface area contributed by atoms with Crippen LogP contribution in [0.25, 0.3) is 10.9 Å². The Morgan fingerprint density at radius 2 is 1.78 bits per heavy atom. The average Bonchev–Trinajstić information content (AvgIpc) is 3.08. The van der Waals surface area contributed by atoms with Gasteiger partial charge in [0.15, 0.2) is 0 Å². The number of fused-ring (bicyclic) bond motifs is 1. The van der Waals surface area contributed by atoms with Gasteiger partial charge in [-0.3, -0.25) is 9.59 Å². The van der Waals surface area contributed by atoms with Crippen LogP contribution in [-0.2, 0) is 4.79 Å². The lowest BCUT2D eigenvalue weighted by atomic mass is 10.0. The summed E-state index contributed by atoms with van der Waals surface area (Å²) in [5.74, 6) is -0.543. The second kappa shape index (κ2) is 6.36. The summed E-state index contributed by atoms with van der Waals surface area (Å²) in [4.78, 5) is 27.9. The van der Waals surface area contributed by atoms with Gasteiger partial charge >= 0.3 is 0 Å². The Hall–Kier alpha value is -3.08. The van der Waals surface area contributed by atoms with Gasteiger partial charge in [0.1, 0.15) is 6.04 Å². The number of hydrogen-bond acceptors (Lipinski definition) is 2. The van der Waals surface area contributed by atoms with E-state index in [0.717, 1.165) is 16.5 Å². The number of carbonyl (C=O) groups is 2. The Morgan fingerprint density at radius 1 is 1.00 bits per heavy atom. The molecule has 3 N–H and O–H groups in total. The van der Waals surface area contributed by atoms with Gasteiger partial charge in [-0.05, 0) is 23.8 Å². The first-order chi connectivity index (χ1) is 11.2. The van der Waals surface area contributed by atoms with Gasteiger partial charge in [0.25, 0.3) is 5.91 Å². The molecule has 116 valence electrons. The molecule has 1 heterocycles. The Morgan fingerprint density at radius 3 is 2.52 bits per heavy atom. The van der Waals surface area contributed by atoms with Crippen LogP contribution < -0.4 is 10.6 Å². The van der Waals surface area contributed by atoms with Gasteiger partial charge in [-0.2, -0.15) is 0 Å². The van der Waals surface area contributed by atoms with E-state index in [2.05, 4.69) is 15.6 Å². The zero-order chi connectivity index (χ0) is 16.2. The van der Waals surface area contributed by atoms with Crippen molar-refractivity contribution in [3.8, 4) is 0 Å². The predicted octanol–water partition coefficient (Wildman–Crippen LogP) is 2.38. The lowest BCUT2D eigenvalue weighted by molar-refractivity contribution is -0.122. The second-order valence-corrected chi connectivity index (χ2v) is 5.18. The molecule has 3 rings (SSSR count). The van der Waals surface area contributed by atoms with E-state index in [1.54, 1.807) is 19.3 Å². The SMILES string of the molecule is CNC(=O)[C@H](NC(=O)c1cccc2[nH]ccc12)c1ccccc1. The third-order valence-electron chi connectivity index (χ3n) is 3.76. The topological polar surface area (TPSA) is 74.0 Å². The Bertz CT molecular complexity index is 840. The number of amides is 2. The van der Waals surface area contributed by atoms with E-state index in [9.17, 15) is 9.59 Å². The van der Waals surface area contributed by atoms with Crippen LogP contribution in [0.5, 0.6) is 0 Å². The number of H-pyrrole nitrogens is 1. The van der Waals surface area contributed by atoms with Crippen molar-refractivity contribution in [3.63, 3.8) is 0 Å². The molecule has 5 heteroatoms. The van der Waals surface area contributed by atoms with Crippen LogP contribution in [0.2, 0.25) is 0 Å². The van der Waals surface area contributed by atoms with E-state index >= 15 is 0 Å². The molecule has 1 aromatic heterocycles. The van der Waals surface area contributed by atoms with Crippen molar-refractivity contribution in [3.05, 3.63) is 71.9 Å². The lowest BCUT2D eigenvalue weighted by Gasteiger charge is -2.18. The van der Waals surface area contributed by atoms with Crippen LogP contribution in [0.3, 0.4) is 0 Å². The Labute approximate surface area is 133 Å². The molecular formula is C18H17N3O2. The fraction of sp³-hybridized carbons (Fsp3) is 0.111. The van der Waals surface area contributed by atoms with Crippen LogP contribution in [0.15, 0.2) is 60.8 Å². The number of aromatic nitrogens is 1. The molecule has 0 saturated heterocycles. The van der Waals surface area contributed by atoms with Crippen molar-refractivity contribution >= 4 is 22.7 Å². The van der Waals surface area contributed by atoms with Crippen molar-refractivity contribution in [2.45, 2.75) is 6.04 Å². The van der Waals surface area contributed by atoms with Crippen LogP contribution in [0, 0.1) is 0 Å². The minimum Gasteiger partial charge on any atom is -0.361 e. The highest BCUT2D eigenvalue weighted by Gasteiger charge is 2.23. The van der Waals surface area contributed by atoms with E-state index in [1.807, 2.05) is 48.5 Å². The van der Waals surface area contributed by atoms with Crippen molar-refractivity contribution in [2.24, 2.45) is 0 Å². The first kappa shape index (κ1) is 14.8. The van der Waals surface area contributed by atoms with Crippen molar-refractivity contribution in [1.82, 2.24) is 15.6 Å². The van der Waals surface area contributed by atoms with Crippen LogP contribution in [0.1, 0.15) is 22.0 Å². The van der Waals surface area contributed by atoms with Crippen molar-refractivity contribution < 1.29 is 9.59 Å². The van der Waals surface area contributed by atoms with E-state index in [-0.39, 0.29) is 11.8 Å². The summed E-state index contributed by atoms with van der Waals surface area (Å²) in [5.41, 5.74) is 2.16. The first-order valence-electron chi connectivity index (χ1n) is 7.34. The molecular weight excluding hydrogens is 290 g/mol. The lowest BCUT2D eigenvalue weighted by Crippen LogP contribution is -2.39. The van der Waals surface area contributed by atoms with Crippen LogP contribution in [0.4, 0.5) is 0 Å². The number of carbonyl (C=O) groups excluding carboxylic acids is 2. The Kier molecular flexibility index (Phi) is 4.10. The molecule has 0 aliphatic heterocycles. The maximum atomic E-state index is 12.7. The zero-order valence-corrected chi connectivity index (χ0v) is 12.7.